The van der Waals surface area contributed by atoms with Gasteiger partial charge in [0.15, 0.2) is 6.04 Å². The first kappa shape index (κ1) is 45.8. The molecule has 4 atom stereocenters. The largest absolute Gasteiger partial charge is 0.479 e. The molecule has 1 aliphatic carbocycles. The van der Waals surface area contributed by atoms with Crippen molar-refractivity contribution in [2.45, 2.75) is 122 Å². The topological polar surface area (TPSA) is 237 Å². The van der Waals surface area contributed by atoms with Gasteiger partial charge in [0, 0.05) is 5.56 Å². The summed E-state index contributed by atoms with van der Waals surface area (Å²) in [7, 11) is 0. The summed E-state index contributed by atoms with van der Waals surface area (Å²) in [5, 5.41) is 32.1. The highest BCUT2D eigenvalue weighted by Crippen LogP contribution is 2.28. The Labute approximate surface area is 333 Å². The maximum absolute atomic E-state index is 14.1. The second kappa shape index (κ2) is 21.1. The molecule has 2 aromatic rings. The van der Waals surface area contributed by atoms with Crippen LogP contribution in [0, 0.1) is 11.8 Å². The Bertz CT molecular complexity index is 1780. The highest BCUT2D eigenvalue weighted by molar-refractivity contribution is 6.38. The van der Waals surface area contributed by atoms with E-state index in [4.69, 9.17) is 0 Å². The summed E-state index contributed by atoms with van der Waals surface area (Å²) in [4.78, 5) is 104. The number of carboxylic acids is 2. The summed E-state index contributed by atoms with van der Waals surface area (Å²) in [6, 6.07) is 7.43. The number of nitrogens with one attached hydrogen (secondary N) is 5. The van der Waals surface area contributed by atoms with Gasteiger partial charge in [-0.3, -0.25) is 28.8 Å². The third-order valence-electron chi connectivity index (χ3n) is 9.87. The minimum absolute atomic E-state index is 0.0638. The number of benzene rings is 2. The highest BCUT2D eigenvalue weighted by atomic mass is 16.4. The molecule has 0 bridgehead atoms. The van der Waals surface area contributed by atoms with Gasteiger partial charge in [-0.05, 0) is 72.3 Å². The Balaban J connectivity index is 1.77. The Morgan fingerprint density at radius 3 is 1.95 bits per heavy atom. The van der Waals surface area contributed by atoms with E-state index >= 15 is 0 Å². The fourth-order valence-electron chi connectivity index (χ4n) is 6.75. The summed E-state index contributed by atoms with van der Waals surface area (Å²) in [5.74, 6) is -7.91. The molecule has 7 N–H and O–H groups in total. The Hall–Kier alpha value is -5.60. The molecule has 15 heteroatoms. The van der Waals surface area contributed by atoms with Gasteiger partial charge < -0.3 is 36.8 Å². The van der Waals surface area contributed by atoms with E-state index in [1.165, 1.54) is 24.3 Å². The normalized spacial score (nSPS) is 15.3. The first-order valence-electron chi connectivity index (χ1n) is 19.5. The van der Waals surface area contributed by atoms with Crippen LogP contribution < -0.4 is 26.6 Å². The number of Topliss-reactive ketones (excluding diaryl/α,β-unsaturated/α-hetero) is 1. The second-order valence-corrected chi connectivity index (χ2v) is 16.0. The molecule has 1 saturated carbocycles. The monoisotopic (exact) mass is 791 g/mol. The van der Waals surface area contributed by atoms with Crippen LogP contribution in [0.25, 0.3) is 0 Å². The van der Waals surface area contributed by atoms with E-state index in [2.05, 4.69) is 26.6 Å². The maximum Gasteiger partial charge on any atom is 0.335 e. The van der Waals surface area contributed by atoms with E-state index in [0.717, 1.165) is 19.3 Å². The van der Waals surface area contributed by atoms with Gasteiger partial charge in [-0.15, -0.1) is 0 Å². The van der Waals surface area contributed by atoms with Crippen LogP contribution in [0.5, 0.6) is 0 Å². The molecule has 0 heterocycles. The molecule has 57 heavy (non-hydrogen) atoms. The number of hydrogen-bond donors (Lipinski definition) is 7. The quantitative estimate of drug-likeness (QED) is 0.102. The molecule has 0 saturated heterocycles. The third-order valence-corrected chi connectivity index (χ3v) is 9.87. The number of amides is 5. The van der Waals surface area contributed by atoms with Gasteiger partial charge in [0.2, 0.25) is 23.5 Å². The Morgan fingerprint density at radius 1 is 0.772 bits per heavy atom. The molecule has 5 amide bonds. The molecule has 3 rings (SSSR count). The van der Waals surface area contributed by atoms with Crippen LogP contribution in [-0.2, 0) is 34.2 Å². The Morgan fingerprint density at radius 2 is 1.39 bits per heavy atom. The van der Waals surface area contributed by atoms with Crippen LogP contribution >= 0.6 is 0 Å². The summed E-state index contributed by atoms with van der Waals surface area (Å²) in [6.07, 6.45) is 4.53. The maximum atomic E-state index is 14.1. The number of aromatic carboxylic acids is 1. The second-order valence-electron chi connectivity index (χ2n) is 16.0. The molecular formula is C42H57N5O10. The summed E-state index contributed by atoms with van der Waals surface area (Å²) < 4.78 is 0. The molecule has 2 unspecified atom stereocenters. The van der Waals surface area contributed by atoms with Crippen molar-refractivity contribution >= 4 is 47.3 Å². The van der Waals surface area contributed by atoms with Crippen LogP contribution in [0.2, 0.25) is 0 Å². The first-order valence-corrected chi connectivity index (χ1v) is 19.5. The molecule has 0 spiro atoms. The van der Waals surface area contributed by atoms with Gasteiger partial charge in [0.1, 0.15) is 12.1 Å². The molecular weight excluding hydrogens is 734 g/mol. The molecule has 1 aliphatic rings. The lowest BCUT2D eigenvalue weighted by molar-refractivity contribution is -0.142. The lowest BCUT2D eigenvalue weighted by Crippen LogP contribution is -2.58. The van der Waals surface area contributed by atoms with Gasteiger partial charge in [-0.2, -0.15) is 0 Å². The van der Waals surface area contributed by atoms with Crippen LogP contribution in [0.15, 0.2) is 48.5 Å². The zero-order valence-corrected chi connectivity index (χ0v) is 33.6. The zero-order chi connectivity index (χ0) is 42.4. The number of rotatable bonds is 19. The minimum atomic E-state index is -1.39. The molecule has 15 nitrogen and oxygen atoms in total. The van der Waals surface area contributed by atoms with Crippen LogP contribution in [0.3, 0.4) is 0 Å². The smallest absolute Gasteiger partial charge is 0.335 e. The SMILES string of the molecule is CCCC(NC(=O)[C@H](CC(C)C)NC(=O)C(NC(=O)c1cc(C(=O)O)cc(C(C)(C)C)c1)C1CCCCC1)C(=O)C(=O)NCC(=O)N[C@H](C(=O)O)c1ccccc1. The number of carbonyl (C=O) groups excluding carboxylic acids is 6. The highest BCUT2D eigenvalue weighted by Gasteiger charge is 2.36. The first-order chi connectivity index (χ1) is 26.8. The number of ketones is 1. The fraction of sp³-hybridized carbons (Fsp3) is 0.524. The van der Waals surface area contributed by atoms with Crippen LogP contribution in [0.4, 0.5) is 0 Å². The molecule has 0 radical (unpaired) electrons. The van der Waals surface area contributed by atoms with Gasteiger partial charge >= 0.3 is 11.9 Å². The van der Waals surface area contributed by atoms with Gasteiger partial charge in [0.25, 0.3) is 11.8 Å². The molecule has 1 fully saturated rings. The third kappa shape index (κ3) is 13.8. The average molecular weight is 792 g/mol. The van der Waals surface area contributed by atoms with E-state index in [0.29, 0.717) is 30.4 Å². The number of carboxylic acid groups (broad SMARTS) is 2. The minimum Gasteiger partial charge on any atom is -0.479 e. The van der Waals surface area contributed by atoms with Crippen LogP contribution in [-0.4, -0.2) is 82.1 Å². The molecule has 0 aromatic heterocycles. The lowest BCUT2D eigenvalue weighted by Gasteiger charge is -2.32. The number of hydrogen-bond acceptors (Lipinski definition) is 8. The molecule has 310 valence electrons. The fourth-order valence-corrected chi connectivity index (χ4v) is 6.75. The summed E-state index contributed by atoms with van der Waals surface area (Å²) >= 11 is 0. The van der Waals surface area contributed by atoms with Crippen molar-refractivity contribution in [3.63, 3.8) is 0 Å². The average Bonchev–Trinajstić information content (AvgIpc) is 3.16. The lowest BCUT2D eigenvalue weighted by atomic mass is 9.82. The summed E-state index contributed by atoms with van der Waals surface area (Å²) in [5.41, 5.74) is 0.478. The van der Waals surface area contributed by atoms with E-state index in [9.17, 15) is 48.6 Å². The van der Waals surface area contributed by atoms with Gasteiger partial charge in [-0.1, -0.05) is 97.6 Å². The van der Waals surface area contributed by atoms with Crippen molar-refractivity contribution in [2.75, 3.05) is 6.54 Å². The summed E-state index contributed by atoms with van der Waals surface area (Å²) in [6.45, 7) is 10.4. The number of carbonyl (C=O) groups is 8. The van der Waals surface area contributed by atoms with Crippen molar-refractivity contribution < 1.29 is 48.6 Å². The van der Waals surface area contributed by atoms with Gasteiger partial charge in [-0.25, -0.2) is 9.59 Å². The standard InChI is InChI=1S/C42H57N5O10/c1-7-14-30(35(49)39(53)43-23-32(48)46-34(41(56)57)26-17-12-9-13-18-26)44-37(51)31(19-24(2)3)45-38(52)33(25-15-10-8-11-16-25)47-36(50)27-20-28(40(54)55)22-29(21-27)42(4,5)6/h9,12-13,17-18,20-22,24-25,30-31,33-34H,7-8,10-11,14-16,19,23H2,1-6H3,(H,43,53)(H,44,51)(H,45,52)(H,46,48)(H,47,50)(H,54,55)(H,56,57)/t30?,31-,33?,34-/m0/s1. The Kier molecular flexibility index (Phi) is 16.9. The van der Waals surface area contributed by atoms with Crippen molar-refractivity contribution in [2.24, 2.45) is 11.8 Å². The molecule has 0 aliphatic heterocycles. The number of aliphatic carboxylic acids is 1. The van der Waals surface area contributed by atoms with E-state index in [-0.39, 0.29) is 35.8 Å². The van der Waals surface area contributed by atoms with E-state index in [1.54, 1.807) is 31.2 Å². The molecule has 2 aromatic carbocycles. The van der Waals surface area contributed by atoms with Crippen LogP contribution in [0.1, 0.15) is 131 Å². The van der Waals surface area contributed by atoms with Gasteiger partial charge in [0.05, 0.1) is 18.2 Å². The van der Waals surface area contributed by atoms with Crippen molar-refractivity contribution in [1.29, 1.82) is 0 Å². The van der Waals surface area contributed by atoms with E-state index < -0.39 is 83.4 Å². The van der Waals surface area contributed by atoms with Crippen molar-refractivity contribution in [1.82, 2.24) is 26.6 Å². The van der Waals surface area contributed by atoms with Crippen molar-refractivity contribution in [3.8, 4) is 0 Å². The zero-order valence-electron chi connectivity index (χ0n) is 33.6. The predicted molar refractivity (Wildman–Crippen MR) is 211 cm³/mol. The predicted octanol–water partition coefficient (Wildman–Crippen LogP) is 3.80. The van der Waals surface area contributed by atoms with Crippen molar-refractivity contribution in [3.05, 3.63) is 70.8 Å². The van der Waals surface area contributed by atoms with E-state index in [1.807, 2.05) is 34.6 Å².